The fourth-order valence-corrected chi connectivity index (χ4v) is 9.64. The van der Waals surface area contributed by atoms with Crippen LogP contribution in [-0.4, -0.2) is 80.6 Å². The molecule has 0 saturated heterocycles. The number of amides is 3. The topological polar surface area (TPSA) is 105 Å². The van der Waals surface area contributed by atoms with E-state index in [9.17, 15) is 19.2 Å². The van der Waals surface area contributed by atoms with Crippen molar-refractivity contribution in [3.05, 3.63) is 0 Å². The smallest absolute Gasteiger partial charge is 0.324 e. The quantitative estimate of drug-likeness (QED) is 0.0478. The Bertz CT molecular complexity index is 1090. The summed E-state index contributed by atoms with van der Waals surface area (Å²) >= 11 is 0. The highest BCUT2D eigenvalue weighted by Crippen LogP contribution is 2.25. The maximum absolute atomic E-state index is 13.7. The number of rotatable bonds is 51. The molecule has 0 aromatic heterocycles. The largest absolute Gasteiger partial charge is 0.465 e. The van der Waals surface area contributed by atoms with Crippen molar-refractivity contribution in [2.24, 2.45) is 17.8 Å². The molecule has 0 rings (SSSR count). The van der Waals surface area contributed by atoms with Crippen LogP contribution in [0.1, 0.15) is 291 Å². The number of carbonyl (C=O) groups is 4. The van der Waals surface area contributed by atoms with Crippen LogP contribution in [0.25, 0.3) is 0 Å². The van der Waals surface area contributed by atoms with Gasteiger partial charge in [-0.25, -0.2) is 4.79 Å². The van der Waals surface area contributed by atoms with Gasteiger partial charge >= 0.3 is 18.0 Å². The maximum Gasteiger partial charge on any atom is 0.324 e. The summed E-state index contributed by atoms with van der Waals surface area (Å²) in [6.45, 7) is 13.8. The third kappa shape index (κ3) is 42.7. The Labute approximate surface area is 422 Å². The number of nitrogens with one attached hydrogen (secondary N) is 1. The monoisotopic (exact) mass is 962 g/mol. The van der Waals surface area contributed by atoms with Gasteiger partial charge < -0.3 is 19.7 Å². The zero-order valence-corrected chi connectivity index (χ0v) is 46.4. The van der Waals surface area contributed by atoms with Gasteiger partial charge in [0.15, 0.2) is 0 Å². The van der Waals surface area contributed by atoms with Crippen LogP contribution < -0.4 is 5.32 Å². The molecule has 9 nitrogen and oxygen atoms in total. The minimum atomic E-state index is -0.285. The normalized spacial score (nSPS) is 12.8. The maximum atomic E-state index is 13.7. The van der Waals surface area contributed by atoms with Crippen LogP contribution in [0.5, 0.6) is 0 Å². The summed E-state index contributed by atoms with van der Waals surface area (Å²) in [5.41, 5.74) is 0. The minimum absolute atomic E-state index is 0.0389. The van der Waals surface area contributed by atoms with Gasteiger partial charge in [0.05, 0.1) is 13.2 Å². The summed E-state index contributed by atoms with van der Waals surface area (Å²) in [5.74, 6) is 1.08. The lowest BCUT2D eigenvalue weighted by Crippen LogP contribution is -2.45. The molecule has 0 aliphatic heterocycles. The van der Waals surface area contributed by atoms with Crippen molar-refractivity contribution in [1.29, 1.82) is 0 Å². The van der Waals surface area contributed by atoms with Gasteiger partial charge in [-0.2, -0.15) is 0 Å². The molecule has 0 saturated carbocycles. The number of hydrogen-bond acceptors (Lipinski definition) is 7. The first-order valence-electron chi connectivity index (χ1n) is 29.7. The first kappa shape index (κ1) is 65.8. The lowest BCUT2D eigenvalue weighted by Gasteiger charge is -2.25. The van der Waals surface area contributed by atoms with Crippen molar-refractivity contribution in [2.75, 3.05) is 46.9 Å². The van der Waals surface area contributed by atoms with Gasteiger partial charge in [0.25, 0.3) is 0 Å². The average Bonchev–Trinajstić information content (AvgIpc) is 3.32. The van der Waals surface area contributed by atoms with Gasteiger partial charge in [-0.3, -0.25) is 19.3 Å². The lowest BCUT2D eigenvalue weighted by molar-refractivity contribution is -0.146. The van der Waals surface area contributed by atoms with E-state index in [4.69, 9.17) is 9.47 Å². The molecule has 68 heavy (non-hydrogen) atoms. The fourth-order valence-electron chi connectivity index (χ4n) is 9.64. The molecule has 0 radical (unpaired) electrons. The van der Waals surface area contributed by atoms with Crippen LogP contribution in [0.3, 0.4) is 0 Å². The highest BCUT2D eigenvalue weighted by atomic mass is 16.5. The molecule has 3 amide bonds. The molecular formula is C59H115N3O6. The van der Waals surface area contributed by atoms with E-state index in [0.717, 1.165) is 90.0 Å². The van der Waals surface area contributed by atoms with Crippen molar-refractivity contribution in [3.63, 3.8) is 0 Å². The fraction of sp³-hybridized carbons (Fsp3) is 0.932. The lowest BCUT2D eigenvalue weighted by atomic mass is 9.91. The number of carbonyl (C=O) groups excluding carboxylic acids is 4. The number of unbranched alkanes of at least 4 members (excludes halogenated alkanes) is 24. The molecule has 0 aliphatic rings. The highest BCUT2D eigenvalue weighted by Gasteiger charge is 2.24. The molecule has 0 aromatic rings. The van der Waals surface area contributed by atoms with Crippen molar-refractivity contribution in [2.45, 2.75) is 291 Å². The van der Waals surface area contributed by atoms with Crippen LogP contribution in [-0.2, 0) is 23.9 Å². The number of hydrogen-bond donors (Lipinski definition) is 1. The SMILES string of the molecule is CCCCCCCCC(CCCCCC)COC(=O)CCCCCCCC(CCCCCCCC(=O)OCC(CCCCCC)CCCCCCCC)CC(=O)N(CCCN(C)C)C(=O)NCC. The molecule has 0 bridgehead atoms. The number of imide groups is 1. The predicted molar refractivity (Wildman–Crippen MR) is 289 cm³/mol. The van der Waals surface area contributed by atoms with Crippen molar-refractivity contribution < 1.29 is 28.7 Å². The van der Waals surface area contributed by atoms with E-state index in [0.29, 0.717) is 57.4 Å². The Kier molecular flexibility index (Phi) is 48.2. The Balaban J connectivity index is 4.96. The Morgan fingerprint density at radius 3 is 1.07 bits per heavy atom. The van der Waals surface area contributed by atoms with Crippen molar-refractivity contribution in [1.82, 2.24) is 15.1 Å². The minimum Gasteiger partial charge on any atom is -0.465 e. The zero-order valence-electron chi connectivity index (χ0n) is 46.4. The van der Waals surface area contributed by atoms with Crippen LogP contribution in [0.4, 0.5) is 4.79 Å². The van der Waals surface area contributed by atoms with E-state index in [1.54, 1.807) is 0 Å². The van der Waals surface area contributed by atoms with E-state index >= 15 is 0 Å². The molecule has 0 aromatic carbocycles. The molecule has 0 heterocycles. The second-order valence-electron chi connectivity index (χ2n) is 21.1. The van der Waals surface area contributed by atoms with Crippen LogP contribution in [0, 0.1) is 17.8 Å². The Morgan fingerprint density at radius 2 is 0.721 bits per heavy atom. The molecule has 2 unspecified atom stereocenters. The molecule has 2 atom stereocenters. The van der Waals surface area contributed by atoms with Gasteiger partial charge in [-0.15, -0.1) is 0 Å². The number of urea groups is 1. The number of esters is 2. The molecule has 0 aliphatic carbocycles. The van der Waals surface area contributed by atoms with Gasteiger partial charge in [0.2, 0.25) is 5.91 Å². The summed E-state index contributed by atoms with van der Waals surface area (Å²) < 4.78 is 11.7. The van der Waals surface area contributed by atoms with Gasteiger partial charge in [-0.05, 0) is 103 Å². The summed E-state index contributed by atoms with van der Waals surface area (Å²) in [6, 6.07) is -0.285. The van der Waals surface area contributed by atoms with Crippen LogP contribution >= 0.6 is 0 Å². The molecule has 402 valence electrons. The third-order valence-electron chi connectivity index (χ3n) is 14.1. The van der Waals surface area contributed by atoms with Crippen LogP contribution in [0.2, 0.25) is 0 Å². The van der Waals surface area contributed by atoms with E-state index in [-0.39, 0.29) is 29.8 Å². The standard InChI is InChI=1S/C59H115N3O6/c1-8-13-17-21-25-35-44-54(42-31-19-15-10-3)51-67-57(64)46-37-29-23-27-33-40-53(50-56(63)62(59(66)60-12-5)49-39-48-61(6)7)41-34-28-24-30-38-47-58(65)68-52-55(43-32-20-16-11-4)45-36-26-22-18-14-9-2/h53-55H,8-52H2,1-7H3,(H,60,66). The second-order valence-corrected chi connectivity index (χ2v) is 21.1. The van der Waals surface area contributed by atoms with Gasteiger partial charge in [0, 0.05) is 32.4 Å². The molecule has 0 fully saturated rings. The Hall–Kier alpha value is -2.16. The summed E-state index contributed by atoms with van der Waals surface area (Å²) in [4.78, 5) is 55.8. The van der Waals surface area contributed by atoms with Gasteiger partial charge in [0.1, 0.15) is 0 Å². The number of nitrogens with zero attached hydrogens (tertiary/aromatic N) is 2. The first-order chi connectivity index (χ1) is 33.1. The average molecular weight is 963 g/mol. The van der Waals surface area contributed by atoms with Crippen LogP contribution in [0.15, 0.2) is 0 Å². The zero-order chi connectivity index (χ0) is 50.1. The Morgan fingerprint density at radius 1 is 0.397 bits per heavy atom. The summed E-state index contributed by atoms with van der Waals surface area (Å²) in [5, 5.41) is 2.87. The highest BCUT2D eigenvalue weighted by molar-refractivity contribution is 5.94. The summed E-state index contributed by atoms with van der Waals surface area (Å²) in [6.07, 6.45) is 44.7. The first-order valence-corrected chi connectivity index (χ1v) is 29.7. The molecular weight excluding hydrogens is 847 g/mol. The third-order valence-corrected chi connectivity index (χ3v) is 14.1. The number of ether oxygens (including phenoxy) is 2. The molecule has 1 N–H and O–H groups in total. The predicted octanol–water partition coefficient (Wildman–Crippen LogP) is 16.7. The molecule has 9 heteroatoms. The van der Waals surface area contributed by atoms with E-state index in [1.807, 2.05) is 21.0 Å². The van der Waals surface area contributed by atoms with Gasteiger partial charge in [-0.1, -0.05) is 207 Å². The van der Waals surface area contributed by atoms with E-state index < -0.39 is 0 Å². The second kappa shape index (κ2) is 49.8. The molecule has 0 spiro atoms. The van der Waals surface area contributed by atoms with E-state index in [1.165, 1.54) is 159 Å². The van der Waals surface area contributed by atoms with E-state index in [2.05, 4.69) is 37.9 Å². The van der Waals surface area contributed by atoms with Crippen molar-refractivity contribution in [3.8, 4) is 0 Å². The van der Waals surface area contributed by atoms with Crippen molar-refractivity contribution >= 4 is 23.9 Å². The summed E-state index contributed by atoms with van der Waals surface area (Å²) in [7, 11) is 4.03.